The summed E-state index contributed by atoms with van der Waals surface area (Å²) in [5, 5.41) is 5.86. The van der Waals surface area contributed by atoms with Crippen LogP contribution < -0.4 is 4.72 Å². The molecule has 1 aromatic carbocycles. The maximum atomic E-state index is 12.8. The third-order valence-electron chi connectivity index (χ3n) is 7.45. The molecule has 0 saturated carbocycles. The highest BCUT2D eigenvalue weighted by atomic mass is 35.5. The summed E-state index contributed by atoms with van der Waals surface area (Å²) in [7, 11) is 2.55. The summed E-state index contributed by atoms with van der Waals surface area (Å²) in [5.74, 6) is 2.84. The monoisotopic (exact) mass is 576 g/mol. The molecule has 2 aromatic rings. The number of aryl methyl sites for hydroxylation is 1. The van der Waals surface area contributed by atoms with Crippen LogP contribution in [-0.2, 0) is 27.6 Å². The third-order valence-corrected chi connectivity index (χ3v) is 10.7. The van der Waals surface area contributed by atoms with E-state index < -0.39 is 11.0 Å². The van der Waals surface area contributed by atoms with Crippen molar-refractivity contribution < 1.29 is 13.7 Å². The van der Waals surface area contributed by atoms with Crippen LogP contribution in [0.15, 0.2) is 45.0 Å². The summed E-state index contributed by atoms with van der Waals surface area (Å²) >= 11 is 8.07. The smallest absolute Gasteiger partial charge is 0.206 e. The standard InChI is InChI=1S/C26H33ClN6O3S2/c1-25(2,3)38(35)30-22-15-36-16-26(22)8-10-33(11-9-26)24-28-12-21(19(14-34)32(24)5)37-20-7-6-18-17(23(20)27)13-31(4)29-18/h6-7,12-13,22,30H,8-11,15-16H2,1-5H3/t22-,38-/m1/s1. The van der Waals surface area contributed by atoms with E-state index in [2.05, 4.69) is 20.7 Å². The van der Waals surface area contributed by atoms with E-state index in [9.17, 15) is 9.00 Å². The molecule has 3 aliphatic heterocycles. The van der Waals surface area contributed by atoms with Gasteiger partial charge in [-0.1, -0.05) is 23.4 Å². The SMILES string of the molecule is CN1C(=C=O)C(Sc2ccc3nn(C)cc3c2Cl)=CN=C1N1CCC2(CC1)COC[C@H]2N[S@](=O)C(C)(C)C. The fraction of sp³-hybridized carbons (Fsp3) is 0.538. The highest BCUT2D eigenvalue weighted by molar-refractivity contribution is 8.03. The quantitative estimate of drug-likeness (QED) is 0.555. The Hall–Kier alpha value is -2.14. The van der Waals surface area contributed by atoms with Crippen molar-refractivity contribution in [2.24, 2.45) is 17.5 Å². The Morgan fingerprint density at radius 1 is 1.26 bits per heavy atom. The zero-order valence-electron chi connectivity index (χ0n) is 22.3. The lowest BCUT2D eigenvalue weighted by Gasteiger charge is -2.44. The first-order valence-electron chi connectivity index (χ1n) is 12.6. The molecular weight excluding hydrogens is 544 g/mol. The third kappa shape index (κ3) is 5.08. The van der Waals surface area contributed by atoms with Crippen molar-refractivity contribution in [1.29, 1.82) is 0 Å². The van der Waals surface area contributed by atoms with E-state index in [4.69, 9.17) is 21.3 Å². The minimum Gasteiger partial charge on any atom is -0.379 e. The van der Waals surface area contributed by atoms with E-state index in [0.717, 1.165) is 47.7 Å². The molecule has 1 spiro atoms. The van der Waals surface area contributed by atoms with Gasteiger partial charge in [0.25, 0.3) is 0 Å². The Bertz CT molecular complexity index is 1380. The molecule has 204 valence electrons. The number of aliphatic imine (C=N–C) groups is 1. The Balaban J connectivity index is 1.32. The molecule has 0 radical (unpaired) electrons. The van der Waals surface area contributed by atoms with E-state index in [1.807, 2.05) is 53.2 Å². The Kier molecular flexibility index (Phi) is 7.54. The van der Waals surface area contributed by atoms with Crippen LogP contribution in [0, 0.1) is 5.41 Å². The van der Waals surface area contributed by atoms with Crippen molar-refractivity contribution >= 4 is 57.2 Å². The van der Waals surface area contributed by atoms with Crippen molar-refractivity contribution in [3.63, 3.8) is 0 Å². The van der Waals surface area contributed by atoms with Gasteiger partial charge in [-0.2, -0.15) is 5.10 Å². The van der Waals surface area contributed by atoms with Gasteiger partial charge >= 0.3 is 0 Å². The summed E-state index contributed by atoms with van der Waals surface area (Å²) in [4.78, 5) is 22.4. The van der Waals surface area contributed by atoms with Crippen LogP contribution in [-0.4, -0.2) is 79.8 Å². The van der Waals surface area contributed by atoms with Crippen molar-refractivity contribution in [3.05, 3.63) is 40.2 Å². The second-order valence-corrected chi connectivity index (χ2v) is 14.5. The van der Waals surface area contributed by atoms with Crippen molar-refractivity contribution in [3.8, 4) is 0 Å². The molecule has 5 rings (SSSR count). The lowest BCUT2D eigenvalue weighted by molar-refractivity contribution is 0.0965. The number of likely N-dealkylation sites (tertiary alicyclic amines) is 1. The number of hydrogen-bond acceptors (Lipinski definition) is 8. The molecule has 0 amide bonds. The molecule has 0 bridgehead atoms. The normalized spacial score (nSPS) is 22.6. The van der Waals surface area contributed by atoms with Crippen LogP contribution in [0.25, 0.3) is 10.9 Å². The Morgan fingerprint density at radius 3 is 2.68 bits per heavy atom. The second-order valence-electron chi connectivity index (χ2n) is 11.1. The molecule has 12 heteroatoms. The number of nitrogens with zero attached hydrogens (tertiary/aromatic N) is 5. The number of benzene rings is 1. The number of carbonyl (C=O) groups excluding carboxylic acids is 1. The van der Waals surface area contributed by atoms with Crippen LogP contribution in [0.2, 0.25) is 5.02 Å². The molecule has 0 aliphatic carbocycles. The first-order chi connectivity index (χ1) is 18.0. The number of nitrogens with one attached hydrogen (secondary N) is 1. The summed E-state index contributed by atoms with van der Waals surface area (Å²) in [5.41, 5.74) is 1.18. The minimum atomic E-state index is -1.16. The predicted molar refractivity (Wildman–Crippen MR) is 153 cm³/mol. The zero-order chi connectivity index (χ0) is 27.2. The number of rotatable bonds is 4. The van der Waals surface area contributed by atoms with Gasteiger partial charge in [0.1, 0.15) is 5.70 Å². The number of halogens is 1. The number of hydrogen-bond donors (Lipinski definition) is 1. The maximum absolute atomic E-state index is 12.8. The van der Waals surface area contributed by atoms with Gasteiger partial charge in [-0.3, -0.25) is 4.68 Å². The van der Waals surface area contributed by atoms with Gasteiger partial charge in [0, 0.05) is 55.3 Å². The van der Waals surface area contributed by atoms with Crippen molar-refractivity contribution in [2.75, 3.05) is 33.4 Å². The number of aromatic nitrogens is 2. The zero-order valence-corrected chi connectivity index (χ0v) is 24.7. The topological polar surface area (TPSA) is 92.1 Å². The van der Waals surface area contributed by atoms with Crippen molar-refractivity contribution in [1.82, 2.24) is 24.3 Å². The molecule has 3 aliphatic rings. The summed E-state index contributed by atoms with van der Waals surface area (Å²) < 4.78 is 23.4. The van der Waals surface area contributed by atoms with E-state index in [-0.39, 0.29) is 16.2 Å². The number of likely N-dealkylation sites (N-methyl/N-ethyl adjacent to an activating group) is 1. The van der Waals surface area contributed by atoms with Crippen LogP contribution in [0.5, 0.6) is 0 Å². The number of guanidine groups is 1. The lowest BCUT2D eigenvalue weighted by Crippen LogP contribution is -2.55. The van der Waals surface area contributed by atoms with Gasteiger partial charge in [0.05, 0.1) is 50.4 Å². The van der Waals surface area contributed by atoms with Gasteiger partial charge in [-0.25, -0.2) is 18.7 Å². The summed E-state index contributed by atoms with van der Waals surface area (Å²) in [6.07, 6.45) is 5.37. The van der Waals surface area contributed by atoms with Gasteiger partial charge in [-0.15, -0.1) is 0 Å². The van der Waals surface area contributed by atoms with Crippen LogP contribution >= 0.6 is 23.4 Å². The average Bonchev–Trinajstić information content (AvgIpc) is 3.44. The molecular formula is C26H33ClN6O3S2. The predicted octanol–water partition coefficient (Wildman–Crippen LogP) is 3.71. The van der Waals surface area contributed by atoms with Crippen LogP contribution in [0.3, 0.4) is 0 Å². The summed E-state index contributed by atoms with van der Waals surface area (Å²) in [6, 6.07) is 3.88. The molecule has 2 atom stereocenters. The van der Waals surface area contributed by atoms with E-state index in [0.29, 0.717) is 28.8 Å². The molecule has 2 fully saturated rings. The number of fused-ring (bicyclic) bond motifs is 1. The first-order valence-corrected chi connectivity index (χ1v) is 14.9. The molecule has 2 saturated heterocycles. The second kappa shape index (κ2) is 10.4. The van der Waals surface area contributed by atoms with Gasteiger partial charge in [-0.05, 0) is 45.7 Å². The van der Waals surface area contributed by atoms with Gasteiger partial charge in [0.15, 0.2) is 5.94 Å². The van der Waals surface area contributed by atoms with Gasteiger partial charge < -0.3 is 14.5 Å². The highest BCUT2D eigenvalue weighted by Crippen LogP contribution is 2.43. The Labute approximate surface area is 234 Å². The number of thioether (sulfide) groups is 1. The van der Waals surface area contributed by atoms with Crippen LogP contribution in [0.1, 0.15) is 33.6 Å². The van der Waals surface area contributed by atoms with E-state index in [1.165, 1.54) is 11.8 Å². The fourth-order valence-electron chi connectivity index (χ4n) is 5.14. The number of piperidine rings is 1. The molecule has 0 unspecified atom stereocenters. The van der Waals surface area contributed by atoms with E-state index in [1.54, 1.807) is 15.8 Å². The highest BCUT2D eigenvalue weighted by Gasteiger charge is 2.48. The molecule has 1 N–H and O–H groups in total. The maximum Gasteiger partial charge on any atom is 0.206 e. The van der Waals surface area contributed by atoms with Gasteiger partial charge in [0.2, 0.25) is 5.96 Å². The van der Waals surface area contributed by atoms with Crippen molar-refractivity contribution in [2.45, 2.75) is 49.3 Å². The van der Waals surface area contributed by atoms with Crippen LogP contribution in [0.4, 0.5) is 0 Å². The molecule has 9 nitrogen and oxygen atoms in total. The Morgan fingerprint density at radius 2 is 2.00 bits per heavy atom. The lowest BCUT2D eigenvalue weighted by atomic mass is 9.75. The first kappa shape index (κ1) is 27.4. The average molecular weight is 577 g/mol. The molecule has 1 aromatic heterocycles. The van der Waals surface area contributed by atoms with E-state index >= 15 is 0 Å². The number of ether oxygens (including phenoxy) is 1. The molecule has 4 heterocycles. The fourth-order valence-corrected chi connectivity index (χ4v) is 7.35. The summed E-state index contributed by atoms with van der Waals surface area (Å²) in [6.45, 7) is 8.67. The minimum absolute atomic E-state index is 0.0472. The molecule has 38 heavy (non-hydrogen) atoms. The largest absolute Gasteiger partial charge is 0.379 e.